The highest BCUT2D eigenvalue weighted by molar-refractivity contribution is 9.10. The Labute approximate surface area is 167 Å². The van der Waals surface area contributed by atoms with Gasteiger partial charge in [-0.25, -0.2) is 8.42 Å². The molecule has 0 unspecified atom stereocenters. The van der Waals surface area contributed by atoms with Crippen molar-refractivity contribution in [2.75, 3.05) is 25.5 Å². The normalized spacial score (nSPS) is 15.3. The number of carbonyl (C=O) groups is 1. The summed E-state index contributed by atoms with van der Waals surface area (Å²) in [6.07, 6.45) is 2.77. The zero-order valence-corrected chi connectivity index (χ0v) is 17.3. The van der Waals surface area contributed by atoms with Crippen molar-refractivity contribution in [3.63, 3.8) is 0 Å². The van der Waals surface area contributed by atoms with Crippen molar-refractivity contribution in [2.24, 2.45) is 0 Å². The van der Waals surface area contributed by atoms with E-state index in [9.17, 15) is 13.2 Å². The lowest BCUT2D eigenvalue weighted by atomic mass is 10.2. The molecule has 1 saturated heterocycles. The molecule has 1 heterocycles. The van der Waals surface area contributed by atoms with Gasteiger partial charge in [0.25, 0.3) is 5.91 Å². The third-order valence-corrected chi connectivity index (χ3v) is 7.07. The molecule has 2 aromatic carbocycles. The molecule has 0 atom stereocenters. The van der Waals surface area contributed by atoms with E-state index >= 15 is 0 Å². The molecule has 0 spiro atoms. The fraction of sp³-hybridized carbons (Fsp3) is 0.316. The van der Waals surface area contributed by atoms with Gasteiger partial charge in [0, 0.05) is 23.2 Å². The molecule has 2 aromatic rings. The topological polar surface area (TPSA) is 75.7 Å². The largest absolute Gasteiger partial charge is 0.497 e. The lowest BCUT2D eigenvalue weighted by Crippen LogP contribution is -2.35. The van der Waals surface area contributed by atoms with Crippen molar-refractivity contribution < 1.29 is 17.9 Å². The van der Waals surface area contributed by atoms with Gasteiger partial charge < -0.3 is 10.1 Å². The predicted molar refractivity (Wildman–Crippen MR) is 108 cm³/mol. The quantitative estimate of drug-likeness (QED) is 0.746. The molecule has 3 rings (SSSR count). The second kappa shape index (κ2) is 8.41. The number of hydrogen-bond acceptors (Lipinski definition) is 4. The molecule has 0 radical (unpaired) electrons. The van der Waals surface area contributed by atoms with E-state index in [2.05, 4.69) is 21.2 Å². The highest BCUT2D eigenvalue weighted by Crippen LogP contribution is 2.26. The van der Waals surface area contributed by atoms with E-state index in [-0.39, 0.29) is 16.4 Å². The number of rotatable bonds is 5. The molecular formula is C19H21BrN2O4S. The summed E-state index contributed by atoms with van der Waals surface area (Å²) < 4.78 is 32.9. The van der Waals surface area contributed by atoms with E-state index in [1.165, 1.54) is 16.4 Å². The number of amides is 1. The van der Waals surface area contributed by atoms with Crippen LogP contribution in [0.25, 0.3) is 0 Å². The molecule has 1 N–H and O–H groups in total. The molecule has 1 amide bonds. The van der Waals surface area contributed by atoms with E-state index < -0.39 is 10.0 Å². The molecule has 144 valence electrons. The Morgan fingerprint density at radius 1 is 1.07 bits per heavy atom. The molecule has 1 fully saturated rings. The van der Waals surface area contributed by atoms with Gasteiger partial charge in [0.1, 0.15) is 5.75 Å². The van der Waals surface area contributed by atoms with Gasteiger partial charge in [-0.1, -0.05) is 6.42 Å². The lowest BCUT2D eigenvalue weighted by Gasteiger charge is -2.26. The Kier molecular flexibility index (Phi) is 6.18. The summed E-state index contributed by atoms with van der Waals surface area (Å²) in [5.74, 6) is 0.298. The number of carbonyl (C=O) groups excluding carboxylic acids is 1. The number of anilines is 1. The summed E-state index contributed by atoms with van der Waals surface area (Å²) in [5.41, 5.74) is 0.862. The van der Waals surface area contributed by atoms with Crippen molar-refractivity contribution in [1.29, 1.82) is 0 Å². The van der Waals surface area contributed by atoms with Crippen LogP contribution in [0.3, 0.4) is 0 Å². The second-order valence-electron chi connectivity index (χ2n) is 6.29. The Morgan fingerprint density at radius 3 is 2.37 bits per heavy atom. The number of ether oxygens (including phenoxy) is 1. The van der Waals surface area contributed by atoms with Gasteiger partial charge in [-0.05, 0) is 71.2 Å². The molecule has 0 aliphatic carbocycles. The van der Waals surface area contributed by atoms with E-state index in [0.717, 1.165) is 19.3 Å². The number of sulfonamides is 1. The fourth-order valence-electron chi connectivity index (χ4n) is 2.97. The summed E-state index contributed by atoms with van der Waals surface area (Å²) in [7, 11) is -2.03. The van der Waals surface area contributed by atoms with Gasteiger partial charge in [0.2, 0.25) is 10.0 Å². The summed E-state index contributed by atoms with van der Waals surface area (Å²) in [6, 6.07) is 11.5. The first kappa shape index (κ1) is 19.9. The molecule has 0 aromatic heterocycles. The Morgan fingerprint density at radius 2 is 1.74 bits per heavy atom. The van der Waals surface area contributed by atoms with Gasteiger partial charge in [0.15, 0.2) is 0 Å². The second-order valence-corrected chi connectivity index (χ2v) is 9.08. The summed E-state index contributed by atoms with van der Waals surface area (Å²) >= 11 is 3.34. The lowest BCUT2D eigenvalue weighted by molar-refractivity contribution is 0.102. The van der Waals surface area contributed by atoms with Crippen LogP contribution in [-0.2, 0) is 10.0 Å². The maximum Gasteiger partial charge on any atom is 0.256 e. The van der Waals surface area contributed by atoms with Gasteiger partial charge in [-0.2, -0.15) is 4.31 Å². The maximum absolute atomic E-state index is 12.9. The molecule has 1 aliphatic rings. The third kappa shape index (κ3) is 4.51. The number of methoxy groups -OCH3 is 1. The zero-order valence-electron chi connectivity index (χ0n) is 14.9. The Bertz CT molecular complexity index is 923. The van der Waals surface area contributed by atoms with Crippen molar-refractivity contribution >= 4 is 37.5 Å². The van der Waals surface area contributed by atoms with E-state index in [4.69, 9.17) is 4.74 Å². The van der Waals surface area contributed by atoms with Crippen LogP contribution in [0, 0.1) is 0 Å². The maximum atomic E-state index is 12.9. The average molecular weight is 453 g/mol. The molecule has 0 bridgehead atoms. The first-order chi connectivity index (χ1) is 12.9. The summed E-state index contributed by atoms with van der Waals surface area (Å²) in [5, 5.41) is 2.78. The highest BCUT2D eigenvalue weighted by Gasteiger charge is 2.27. The molecule has 1 aliphatic heterocycles. The van der Waals surface area contributed by atoms with E-state index in [0.29, 0.717) is 29.0 Å². The van der Waals surface area contributed by atoms with Crippen LogP contribution in [-0.4, -0.2) is 38.8 Å². The van der Waals surface area contributed by atoms with Crippen molar-refractivity contribution in [2.45, 2.75) is 24.2 Å². The van der Waals surface area contributed by atoms with Crippen LogP contribution in [0.5, 0.6) is 5.75 Å². The Balaban J connectivity index is 1.84. The standard InChI is InChI=1S/C19H21BrN2O4S/c1-26-15-7-5-14(6-8-15)21-19(23)17-13-16(9-10-18(17)20)27(24,25)22-11-3-2-4-12-22/h5-10,13H,2-4,11-12H2,1H3,(H,21,23). The third-order valence-electron chi connectivity index (χ3n) is 4.48. The molecular weight excluding hydrogens is 432 g/mol. The SMILES string of the molecule is COc1ccc(NC(=O)c2cc(S(=O)(=O)N3CCCCC3)ccc2Br)cc1. The molecule has 0 saturated carbocycles. The first-order valence-electron chi connectivity index (χ1n) is 8.67. The molecule has 6 nitrogen and oxygen atoms in total. The number of nitrogens with zero attached hydrogens (tertiary/aromatic N) is 1. The van der Waals surface area contributed by atoms with Crippen LogP contribution in [0.15, 0.2) is 51.8 Å². The summed E-state index contributed by atoms with van der Waals surface area (Å²) in [6.45, 7) is 1.04. The van der Waals surface area contributed by atoms with E-state index in [1.807, 2.05) is 0 Å². The number of benzene rings is 2. The smallest absolute Gasteiger partial charge is 0.256 e. The van der Waals surface area contributed by atoms with Crippen LogP contribution in [0.4, 0.5) is 5.69 Å². The van der Waals surface area contributed by atoms with Crippen molar-refractivity contribution in [3.8, 4) is 5.75 Å². The minimum Gasteiger partial charge on any atom is -0.497 e. The van der Waals surface area contributed by atoms with Crippen molar-refractivity contribution in [1.82, 2.24) is 4.31 Å². The van der Waals surface area contributed by atoms with Crippen LogP contribution < -0.4 is 10.1 Å². The summed E-state index contributed by atoms with van der Waals surface area (Å²) in [4.78, 5) is 12.8. The van der Waals surface area contributed by atoms with Crippen LogP contribution in [0.1, 0.15) is 29.6 Å². The van der Waals surface area contributed by atoms with Crippen LogP contribution >= 0.6 is 15.9 Å². The predicted octanol–water partition coefficient (Wildman–Crippen LogP) is 3.88. The number of nitrogens with one attached hydrogen (secondary N) is 1. The number of hydrogen-bond donors (Lipinski definition) is 1. The number of halogens is 1. The zero-order chi connectivity index (χ0) is 19.4. The minimum atomic E-state index is -3.60. The monoisotopic (exact) mass is 452 g/mol. The van der Waals surface area contributed by atoms with Crippen molar-refractivity contribution in [3.05, 3.63) is 52.5 Å². The Hall–Kier alpha value is -1.90. The molecule has 27 heavy (non-hydrogen) atoms. The first-order valence-corrected chi connectivity index (χ1v) is 10.9. The van der Waals surface area contributed by atoms with E-state index in [1.54, 1.807) is 37.4 Å². The van der Waals surface area contributed by atoms with Crippen LogP contribution in [0.2, 0.25) is 0 Å². The van der Waals surface area contributed by atoms with Gasteiger partial charge in [0.05, 0.1) is 17.6 Å². The minimum absolute atomic E-state index is 0.132. The van der Waals surface area contributed by atoms with Gasteiger partial charge >= 0.3 is 0 Å². The fourth-order valence-corrected chi connectivity index (χ4v) is 4.94. The van der Waals surface area contributed by atoms with Gasteiger partial charge in [-0.15, -0.1) is 0 Å². The molecule has 8 heteroatoms. The average Bonchev–Trinajstić information content (AvgIpc) is 2.69. The highest BCUT2D eigenvalue weighted by atomic mass is 79.9. The number of piperidine rings is 1. The van der Waals surface area contributed by atoms with Gasteiger partial charge in [-0.3, -0.25) is 4.79 Å².